The Hall–Kier alpha value is -0.570. The third kappa shape index (κ3) is 8.11. The number of hydrogen-bond acceptors (Lipinski definition) is 4. The summed E-state index contributed by atoms with van der Waals surface area (Å²) in [5, 5.41) is 3.46. The number of carbonyl (C=O) groups excluding carboxylic acids is 1. The van der Waals surface area contributed by atoms with Crippen molar-refractivity contribution in [3.05, 3.63) is 0 Å². The molecule has 0 amide bonds. The molecule has 1 fully saturated rings. The van der Waals surface area contributed by atoms with Crippen molar-refractivity contribution in [3.63, 3.8) is 0 Å². The van der Waals surface area contributed by atoms with E-state index in [1.165, 1.54) is 7.11 Å². The molecule has 0 unspecified atom stereocenters. The van der Waals surface area contributed by atoms with E-state index in [4.69, 9.17) is 4.74 Å². The number of esters is 1. The van der Waals surface area contributed by atoms with Crippen LogP contribution in [0, 0.1) is 5.92 Å². The number of piperidine rings is 1. The van der Waals surface area contributed by atoms with E-state index in [2.05, 4.69) is 47.8 Å². The minimum atomic E-state index is -0.0833. The van der Waals surface area contributed by atoms with Crippen LogP contribution in [0.4, 0.5) is 0 Å². The summed E-state index contributed by atoms with van der Waals surface area (Å²) in [6, 6.07) is 1.14. The first kappa shape index (κ1) is 24.4. The Morgan fingerprint density at radius 2 is 1.80 bits per heavy atom. The highest BCUT2D eigenvalue weighted by Gasteiger charge is 2.26. The van der Waals surface area contributed by atoms with Gasteiger partial charge in [-0.05, 0) is 47.0 Å². The molecule has 25 heavy (non-hydrogen) atoms. The molecule has 1 rings (SSSR count). The molecule has 0 aromatic rings. The fourth-order valence-corrected chi connectivity index (χ4v) is 3.40. The summed E-state index contributed by atoms with van der Waals surface area (Å²) in [6.07, 6.45) is 2.76. The molecule has 0 aliphatic carbocycles. The smallest absolute Gasteiger partial charge is 0.308 e. The van der Waals surface area contributed by atoms with E-state index >= 15 is 0 Å². The number of ether oxygens (including phenoxy) is 1. The molecule has 0 bridgehead atoms. The zero-order valence-electron chi connectivity index (χ0n) is 16.7. The molecule has 1 saturated heterocycles. The van der Waals surface area contributed by atoms with Gasteiger partial charge in [0.2, 0.25) is 0 Å². The number of rotatable bonds is 7. The van der Waals surface area contributed by atoms with Gasteiger partial charge < -0.3 is 15.0 Å². The van der Waals surface area contributed by atoms with Gasteiger partial charge in [-0.15, -0.1) is 24.0 Å². The third-order valence-electron chi connectivity index (χ3n) is 4.74. The maximum Gasteiger partial charge on any atom is 0.308 e. The van der Waals surface area contributed by atoms with Gasteiger partial charge in [0.05, 0.1) is 13.0 Å². The lowest BCUT2D eigenvalue weighted by molar-refractivity contribution is -0.146. The summed E-state index contributed by atoms with van der Waals surface area (Å²) in [5.74, 6) is 0.897. The second-order valence-electron chi connectivity index (χ2n) is 7.04. The van der Waals surface area contributed by atoms with Crippen LogP contribution in [0.25, 0.3) is 0 Å². The number of aliphatic imine (C=N–C) groups is 1. The summed E-state index contributed by atoms with van der Waals surface area (Å²) >= 11 is 0. The van der Waals surface area contributed by atoms with E-state index in [1.807, 2.05) is 7.05 Å². The van der Waals surface area contributed by atoms with Crippen LogP contribution < -0.4 is 5.32 Å². The molecule has 0 aromatic heterocycles. The molecule has 7 heteroatoms. The zero-order valence-corrected chi connectivity index (χ0v) is 19.1. The molecular weight excluding hydrogens is 431 g/mol. The average molecular weight is 468 g/mol. The van der Waals surface area contributed by atoms with Crippen LogP contribution in [0.5, 0.6) is 0 Å². The Balaban J connectivity index is 0.00000576. The first-order chi connectivity index (χ1) is 11.4. The Morgan fingerprint density at radius 3 is 2.24 bits per heavy atom. The SMILES string of the molecule is CN=C(NCCCN(C(C)C)C(C)C)N1CCC(C(=O)OC)CC1.I. The molecule has 0 aromatic carbocycles. The number of carbonyl (C=O) groups is 1. The van der Waals surface area contributed by atoms with Gasteiger partial charge in [-0.1, -0.05) is 0 Å². The zero-order chi connectivity index (χ0) is 18.1. The Bertz CT molecular complexity index is 400. The standard InChI is InChI=1S/C18H36N4O2.HI/c1-14(2)22(15(3)4)11-7-10-20-18(19-5)21-12-8-16(9-13-21)17(23)24-6;/h14-16H,7-13H2,1-6H3,(H,19,20);1H. The lowest BCUT2D eigenvalue weighted by Gasteiger charge is -2.33. The number of nitrogens with one attached hydrogen (secondary N) is 1. The summed E-state index contributed by atoms with van der Waals surface area (Å²) in [5.41, 5.74) is 0. The molecule has 148 valence electrons. The Morgan fingerprint density at radius 1 is 1.24 bits per heavy atom. The van der Waals surface area contributed by atoms with Gasteiger partial charge in [-0.2, -0.15) is 0 Å². The molecule has 6 nitrogen and oxygen atoms in total. The first-order valence-electron chi connectivity index (χ1n) is 9.19. The van der Waals surface area contributed by atoms with Crippen LogP contribution >= 0.6 is 24.0 Å². The average Bonchev–Trinajstić information content (AvgIpc) is 2.57. The Kier molecular flexibility index (Phi) is 12.4. The summed E-state index contributed by atoms with van der Waals surface area (Å²) in [7, 11) is 3.29. The van der Waals surface area contributed by atoms with Crippen LogP contribution in [0.1, 0.15) is 47.0 Å². The number of nitrogens with zero attached hydrogens (tertiary/aromatic N) is 3. The third-order valence-corrected chi connectivity index (χ3v) is 4.74. The molecule has 0 radical (unpaired) electrons. The second kappa shape index (κ2) is 12.7. The van der Waals surface area contributed by atoms with Gasteiger partial charge in [0.25, 0.3) is 0 Å². The highest BCUT2D eigenvalue weighted by molar-refractivity contribution is 14.0. The van der Waals surface area contributed by atoms with Crippen molar-refractivity contribution in [1.82, 2.24) is 15.1 Å². The van der Waals surface area contributed by atoms with Crippen LogP contribution in [0.15, 0.2) is 4.99 Å². The van der Waals surface area contributed by atoms with Crippen molar-refractivity contribution < 1.29 is 9.53 Å². The summed E-state index contributed by atoms with van der Waals surface area (Å²) in [4.78, 5) is 20.7. The van der Waals surface area contributed by atoms with Crippen molar-refractivity contribution in [1.29, 1.82) is 0 Å². The summed E-state index contributed by atoms with van der Waals surface area (Å²) in [6.45, 7) is 12.7. The van der Waals surface area contributed by atoms with Gasteiger partial charge >= 0.3 is 5.97 Å². The fourth-order valence-electron chi connectivity index (χ4n) is 3.40. The van der Waals surface area contributed by atoms with Gasteiger partial charge in [-0.3, -0.25) is 14.7 Å². The summed E-state index contributed by atoms with van der Waals surface area (Å²) < 4.78 is 4.84. The second-order valence-corrected chi connectivity index (χ2v) is 7.04. The predicted octanol–water partition coefficient (Wildman–Crippen LogP) is 2.57. The van der Waals surface area contributed by atoms with E-state index in [1.54, 1.807) is 0 Å². The van der Waals surface area contributed by atoms with E-state index in [9.17, 15) is 4.79 Å². The van der Waals surface area contributed by atoms with E-state index < -0.39 is 0 Å². The van der Waals surface area contributed by atoms with Crippen LogP contribution in [-0.4, -0.2) is 74.1 Å². The maximum atomic E-state index is 11.6. The molecule has 1 heterocycles. The van der Waals surface area contributed by atoms with E-state index in [0.29, 0.717) is 12.1 Å². The maximum absolute atomic E-state index is 11.6. The monoisotopic (exact) mass is 468 g/mol. The molecule has 0 atom stereocenters. The molecule has 1 aliphatic rings. The fraction of sp³-hybridized carbons (Fsp3) is 0.889. The number of guanidine groups is 1. The van der Waals surface area contributed by atoms with Crippen molar-refractivity contribution in [3.8, 4) is 0 Å². The quantitative estimate of drug-likeness (QED) is 0.205. The number of hydrogen-bond donors (Lipinski definition) is 1. The molecule has 1 N–H and O–H groups in total. The van der Waals surface area contributed by atoms with Gasteiger partial charge in [-0.25, -0.2) is 0 Å². The van der Waals surface area contributed by atoms with E-state index in [-0.39, 0.29) is 35.9 Å². The highest BCUT2D eigenvalue weighted by Crippen LogP contribution is 2.18. The van der Waals surface area contributed by atoms with Crippen molar-refractivity contribution in [2.45, 2.75) is 59.0 Å². The van der Waals surface area contributed by atoms with Crippen molar-refractivity contribution >= 4 is 35.9 Å². The van der Waals surface area contributed by atoms with Crippen LogP contribution in [0.2, 0.25) is 0 Å². The number of methoxy groups -OCH3 is 1. The molecule has 0 saturated carbocycles. The lowest BCUT2D eigenvalue weighted by atomic mass is 9.97. The minimum Gasteiger partial charge on any atom is -0.469 e. The van der Waals surface area contributed by atoms with Crippen molar-refractivity contribution in [2.24, 2.45) is 10.9 Å². The normalized spacial score (nSPS) is 16.4. The van der Waals surface area contributed by atoms with Gasteiger partial charge in [0.15, 0.2) is 5.96 Å². The van der Waals surface area contributed by atoms with Crippen LogP contribution in [-0.2, 0) is 9.53 Å². The predicted molar refractivity (Wildman–Crippen MR) is 115 cm³/mol. The molecule has 0 spiro atoms. The Labute approximate surface area is 170 Å². The highest BCUT2D eigenvalue weighted by atomic mass is 127. The van der Waals surface area contributed by atoms with Crippen molar-refractivity contribution in [2.75, 3.05) is 40.3 Å². The topological polar surface area (TPSA) is 57.2 Å². The van der Waals surface area contributed by atoms with Gasteiger partial charge in [0.1, 0.15) is 0 Å². The lowest BCUT2D eigenvalue weighted by Crippen LogP contribution is -2.47. The van der Waals surface area contributed by atoms with E-state index in [0.717, 1.165) is 51.4 Å². The van der Waals surface area contributed by atoms with Crippen LogP contribution in [0.3, 0.4) is 0 Å². The first-order valence-corrected chi connectivity index (χ1v) is 9.19. The largest absolute Gasteiger partial charge is 0.469 e. The number of halogens is 1. The minimum absolute atomic E-state index is 0. The molecule has 1 aliphatic heterocycles. The molecular formula is C18H37IN4O2. The number of likely N-dealkylation sites (tertiary alicyclic amines) is 1. The van der Waals surface area contributed by atoms with Gasteiger partial charge in [0, 0.05) is 45.3 Å².